The van der Waals surface area contributed by atoms with Gasteiger partial charge in [-0.2, -0.15) is 0 Å². The van der Waals surface area contributed by atoms with E-state index in [-0.39, 0.29) is 17.7 Å². The van der Waals surface area contributed by atoms with E-state index in [1.165, 1.54) is 16.7 Å². The third kappa shape index (κ3) is 2.82. The summed E-state index contributed by atoms with van der Waals surface area (Å²) in [4.78, 5) is 18.1. The van der Waals surface area contributed by atoms with Crippen molar-refractivity contribution >= 4 is 11.8 Å². The molecule has 2 N–H and O–H groups in total. The lowest BCUT2D eigenvalue weighted by molar-refractivity contribution is -0.132. The van der Waals surface area contributed by atoms with Crippen molar-refractivity contribution in [1.82, 2.24) is 10.2 Å². The van der Waals surface area contributed by atoms with Gasteiger partial charge in [-0.1, -0.05) is 18.2 Å². The lowest BCUT2D eigenvalue weighted by Crippen LogP contribution is -2.38. The first-order valence-corrected chi connectivity index (χ1v) is 8.20. The highest BCUT2D eigenvalue weighted by Gasteiger charge is 2.34. The summed E-state index contributed by atoms with van der Waals surface area (Å²) in [5, 5.41) is 12.8. The summed E-state index contributed by atoms with van der Waals surface area (Å²) in [7, 11) is 0. The standard InChI is InChI=1S/C19H23N3O2/c1-11-6-5-7-12(2)16(11)9-20-17-8-15(19(23)24)10-22-14(4)13(3)21-18(17)22/h5-8,10,13-14,20H,9H2,1-4H3,(H,23,24). The average molecular weight is 325 g/mol. The number of carboxylic acid groups (broad SMARTS) is 1. The van der Waals surface area contributed by atoms with Gasteiger partial charge in [-0.25, -0.2) is 4.79 Å². The summed E-state index contributed by atoms with van der Waals surface area (Å²) in [6.45, 7) is 8.93. The Hall–Kier alpha value is -2.56. The smallest absolute Gasteiger partial charge is 0.337 e. The summed E-state index contributed by atoms with van der Waals surface area (Å²) in [6.07, 6.45) is 3.36. The van der Waals surface area contributed by atoms with E-state index in [1.807, 2.05) is 17.9 Å². The van der Waals surface area contributed by atoms with Crippen LogP contribution in [-0.2, 0) is 11.3 Å². The molecule has 5 heteroatoms. The Balaban J connectivity index is 1.89. The first-order chi connectivity index (χ1) is 11.4. The van der Waals surface area contributed by atoms with Gasteiger partial charge in [0.2, 0.25) is 0 Å². The van der Waals surface area contributed by atoms with E-state index in [2.05, 4.69) is 38.2 Å². The molecule has 0 spiro atoms. The van der Waals surface area contributed by atoms with Crippen LogP contribution in [0.1, 0.15) is 30.5 Å². The van der Waals surface area contributed by atoms with Gasteiger partial charge in [0.05, 0.1) is 23.4 Å². The molecule has 2 unspecified atom stereocenters. The first-order valence-electron chi connectivity index (χ1n) is 8.20. The van der Waals surface area contributed by atoms with Crippen molar-refractivity contribution in [3.8, 4) is 0 Å². The largest absolute Gasteiger partial charge is 0.478 e. The number of rotatable bonds is 4. The molecule has 1 aromatic rings. The average Bonchev–Trinajstić information content (AvgIpc) is 2.82. The van der Waals surface area contributed by atoms with Gasteiger partial charge < -0.3 is 15.3 Å². The quantitative estimate of drug-likeness (QED) is 0.893. The molecular formula is C19H23N3O2. The van der Waals surface area contributed by atoms with Crippen LogP contribution in [0.25, 0.3) is 0 Å². The highest BCUT2D eigenvalue weighted by Crippen LogP contribution is 2.26. The molecule has 0 aliphatic carbocycles. The predicted octanol–water partition coefficient (Wildman–Crippen LogP) is 2.75. The number of amidine groups is 1. The summed E-state index contributed by atoms with van der Waals surface area (Å²) in [5.74, 6) is -0.0987. The zero-order valence-electron chi connectivity index (χ0n) is 14.5. The number of carboxylic acids is 1. The number of aliphatic imine (C=N–C) groups is 1. The summed E-state index contributed by atoms with van der Waals surface area (Å²) < 4.78 is 0. The fraction of sp³-hybridized carbons (Fsp3) is 0.368. The lowest BCUT2D eigenvalue weighted by Gasteiger charge is -2.28. The highest BCUT2D eigenvalue weighted by molar-refractivity contribution is 6.05. The zero-order valence-corrected chi connectivity index (χ0v) is 14.5. The van der Waals surface area contributed by atoms with Crippen LogP contribution >= 0.6 is 0 Å². The number of nitrogens with one attached hydrogen (secondary N) is 1. The van der Waals surface area contributed by atoms with Crippen LogP contribution in [0.4, 0.5) is 0 Å². The van der Waals surface area contributed by atoms with Gasteiger partial charge in [0.1, 0.15) is 0 Å². The second-order valence-corrected chi connectivity index (χ2v) is 6.51. The third-order valence-corrected chi connectivity index (χ3v) is 4.87. The summed E-state index contributed by atoms with van der Waals surface area (Å²) >= 11 is 0. The lowest BCUT2D eigenvalue weighted by atomic mass is 10.0. The van der Waals surface area contributed by atoms with Crippen molar-refractivity contribution < 1.29 is 9.90 Å². The molecule has 3 rings (SSSR count). The molecule has 0 bridgehead atoms. The minimum absolute atomic E-state index is 0.134. The molecule has 0 aromatic heterocycles. The normalized spacial score (nSPS) is 22.5. The second-order valence-electron chi connectivity index (χ2n) is 6.51. The third-order valence-electron chi connectivity index (χ3n) is 4.87. The molecule has 2 aliphatic rings. The van der Waals surface area contributed by atoms with E-state index in [1.54, 1.807) is 12.3 Å². The number of fused-ring (bicyclic) bond motifs is 1. The van der Waals surface area contributed by atoms with Crippen LogP contribution in [0, 0.1) is 13.8 Å². The maximum absolute atomic E-state index is 11.5. The van der Waals surface area contributed by atoms with E-state index in [0.29, 0.717) is 6.54 Å². The summed E-state index contributed by atoms with van der Waals surface area (Å²) in [5.41, 5.74) is 4.73. The topological polar surface area (TPSA) is 64.9 Å². The van der Waals surface area contributed by atoms with Crippen molar-refractivity contribution in [1.29, 1.82) is 0 Å². The number of aryl methyl sites for hydroxylation is 2. The fourth-order valence-electron chi connectivity index (χ4n) is 3.15. The zero-order chi connectivity index (χ0) is 17.4. The fourth-order valence-corrected chi connectivity index (χ4v) is 3.15. The Morgan fingerprint density at radius 2 is 1.96 bits per heavy atom. The van der Waals surface area contributed by atoms with Crippen molar-refractivity contribution in [2.45, 2.75) is 46.3 Å². The molecule has 2 atom stereocenters. The van der Waals surface area contributed by atoms with Crippen molar-refractivity contribution in [2.24, 2.45) is 4.99 Å². The van der Waals surface area contributed by atoms with Gasteiger partial charge in [0, 0.05) is 12.7 Å². The predicted molar refractivity (Wildman–Crippen MR) is 94.8 cm³/mol. The Kier molecular flexibility index (Phi) is 4.18. The molecule has 2 aliphatic heterocycles. The molecule has 0 saturated heterocycles. The van der Waals surface area contributed by atoms with E-state index >= 15 is 0 Å². The van der Waals surface area contributed by atoms with Crippen LogP contribution in [0.3, 0.4) is 0 Å². The van der Waals surface area contributed by atoms with Gasteiger partial charge in [-0.3, -0.25) is 4.99 Å². The van der Waals surface area contributed by atoms with Crippen LogP contribution in [0.15, 0.2) is 46.7 Å². The Labute approximate surface area is 142 Å². The molecule has 126 valence electrons. The van der Waals surface area contributed by atoms with Crippen molar-refractivity contribution in [3.63, 3.8) is 0 Å². The Bertz CT molecular complexity index is 757. The second kappa shape index (κ2) is 6.15. The van der Waals surface area contributed by atoms with Crippen LogP contribution in [-0.4, -0.2) is 33.9 Å². The molecule has 0 radical (unpaired) electrons. The molecule has 24 heavy (non-hydrogen) atoms. The molecule has 0 saturated carbocycles. The SMILES string of the molecule is Cc1cccc(C)c1CNC1=CC(C(=O)O)=CN2C1=NC(C)C2C. The van der Waals surface area contributed by atoms with Gasteiger partial charge in [0.15, 0.2) is 5.84 Å². The Morgan fingerprint density at radius 1 is 1.29 bits per heavy atom. The number of benzene rings is 1. The first kappa shape index (κ1) is 16.3. The molecular weight excluding hydrogens is 302 g/mol. The number of nitrogens with zero attached hydrogens (tertiary/aromatic N) is 2. The van der Waals surface area contributed by atoms with Gasteiger partial charge in [-0.05, 0) is 50.5 Å². The van der Waals surface area contributed by atoms with E-state index < -0.39 is 5.97 Å². The number of carbonyl (C=O) groups is 1. The van der Waals surface area contributed by atoms with Crippen LogP contribution in [0.2, 0.25) is 0 Å². The number of hydrogen-bond donors (Lipinski definition) is 2. The minimum atomic E-state index is -0.924. The van der Waals surface area contributed by atoms with Crippen molar-refractivity contribution in [2.75, 3.05) is 0 Å². The monoisotopic (exact) mass is 325 g/mol. The molecule has 0 fully saturated rings. The maximum Gasteiger partial charge on any atom is 0.337 e. The minimum Gasteiger partial charge on any atom is -0.478 e. The summed E-state index contributed by atoms with van der Waals surface area (Å²) in [6, 6.07) is 6.51. The Morgan fingerprint density at radius 3 is 2.58 bits per heavy atom. The van der Waals surface area contributed by atoms with Crippen LogP contribution in [0.5, 0.6) is 0 Å². The van der Waals surface area contributed by atoms with Crippen molar-refractivity contribution in [3.05, 3.63) is 58.4 Å². The van der Waals surface area contributed by atoms with Gasteiger partial charge in [-0.15, -0.1) is 0 Å². The number of hydrogen-bond acceptors (Lipinski definition) is 4. The maximum atomic E-state index is 11.5. The van der Waals surface area contributed by atoms with Crippen LogP contribution < -0.4 is 5.32 Å². The molecule has 1 aromatic carbocycles. The van der Waals surface area contributed by atoms with E-state index in [9.17, 15) is 9.90 Å². The molecule has 2 heterocycles. The van der Waals surface area contributed by atoms with Gasteiger partial charge in [0.25, 0.3) is 0 Å². The van der Waals surface area contributed by atoms with Gasteiger partial charge >= 0.3 is 5.97 Å². The van der Waals surface area contributed by atoms with E-state index in [4.69, 9.17) is 4.99 Å². The van der Waals surface area contributed by atoms with E-state index in [0.717, 1.165) is 11.5 Å². The molecule has 5 nitrogen and oxygen atoms in total. The molecule has 0 amide bonds. The highest BCUT2D eigenvalue weighted by atomic mass is 16.4. The number of aliphatic carboxylic acids is 1.